The van der Waals surface area contributed by atoms with E-state index in [9.17, 15) is 23.2 Å². The number of carbonyl (C=O) groups is 3. The van der Waals surface area contributed by atoms with Crippen molar-refractivity contribution in [2.45, 2.75) is 57.8 Å². The molecular weight excluding hydrogens is 500 g/mol. The number of nitrogens with zero attached hydrogens (tertiary/aromatic N) is 1. The quantitative estimate of drug-likeness (QED) is 0.292. The monoisotopic (exact) mass is 527 g/mol. The molecule has 1 aliphatic rings. The van der Waals surface area contributed by atoms with Crippen LogP contribution in [0.15, 0.2) is 48.7 Å². The molecular formula is C27H27F2N3O4S. The van der Waals surface area contributed by atoms with Gasteiger partial charge in [0.05, 0.1) is 17.6 Å². The molecule has 194 valence electrons. The van der Waals surface area contributed by atoms with Gasteiger partial charge in [0.25, 0.3) is 5.91 Å². The van der Waals surface area contributed by atoms with Crippen molar-refractivity contribution in [3.8, 4) is 10.4 Å². The van der Waals surface area contributed by atoms with Crippen molar-refractivity contribution in [1.82, 2.24) is 10.3 Å². The molecule has 2 aromatic carbocycles. The number of thiazole rings is 1. The smallest absolute Gasteiger partial charge is 0.293 e. The Morgan fingerprint density at radius 1 is 1.08 bits per heavy atom. The Hall–Kier alpha value is -3.50. The first-order valence-electron chi connectivity index (χ1n) is 12.1. The molecule has 37 heavy (non-hydrogen) atoms. The molecule has 1 fully saturated rings. The highest BCUT2D eigenvalue weighted by atomic mass is 32.1. The Kier molecular flexibility index (Phi) is 8.73. The van der Waals surface area contributed by atoms with Crippen LogP contribution in [0.2, 0.25) is 0 Å². The number of ketones is 1. The molecule has 7 nitrogen and oxygen atoms in total. The summed E-state index contributed by atoms with van der Waals surface area (Å²) in [4.78, 5) is 42.2. The molecule has 4 rings (SSSR count). The lowest BCUT2D eigenvalue weighted by Gasteiger charge is -2.22. The van der Waals surface area contributed by atoms with Crippen LogP contribution in [0.3, 0.4) is 0 Å². The number of hydrogen-bond acceptors (Lipinski definition) is 6. The number of carbonyl (C=O) groups excluding carboxylic acids is 3. The number of halogens is 2. The normalized spacial score (nSPS) is 14.7. The first-order valence-corrected chi connectivity index (χ1v) is 12.9. The van der Waals surface area contributed by atoms with Crippen molar-refractivity contribution in [2.75, 3.05) is 5.32 Å². The average molecular weight is 528 g/mol. The van der Waals surface area contributed by atoms with E-state index in [2.05, 4.69) is 15.6 Å². The van der Waals surface area contributed by atoms with E-state index >= 15 is 0 Å². The molecule has 0 saturated heterocycles. The third-order valence-electron chi connectivity index (χ3n) is 6.12. The molecule has 2 N–H and O–H groups in total. The molecule has 1 heterocycles. The van der Waals surface area contributed by atoms with E-state index in [0.717, 1.165) is 41.0 Å². The minimum absolute atomic E-state index is 0.279. The first kappa shape index (κ1) is 26.6. The SMILES string of the molecule is C[C@H](NC(=O)C(=O)c1cc(F)cc(F)c1)C(=O)Nc1ncc(-c2ccccc2COC2CCCCC2)s1. The Labute approximate surface area is 217 Å². The fourth-order valence-electron chi connectivity index (χ4n) is 4.14. The summed E-state index contributed by atoms with van der Waals surface area (Å²) in [5.41, 5.74) is 1.55. The van der Waals surface area contributed by atoms with Gasteiger partial charge in [-0.15, -0.1) is 0 Å². The molecule has 0 spiro atoms. The lowest BCUT2D eigenvalue weighted by molar-refractivity contribution is -0.123. The molecule has 1 atom stereocenters. The standard InChI is InChI=1S/C27H27F2N3O4S/c1-16(31-26(35)24(33)18-11-19(28)13-20(29)12-18)25(34)32-27-30-14-23(37-27)22-10-6-5-7-17(22)15-36-21-8-3-2-4-9-21/h5-7,10-14,16,21H,2-4,8-9,15H2,1H3,(H,31,35)(H,30,32,34)/t16-/m0/s1. The van der Waals surface area contributed by atoms with Gasteiger partial charge in [-0.2, -0.15) is 0 Å². The van der Waals surface area contributed by atoms with Gasteiger partial charge in [-0.05, 0) is 43.0 Å². The van der Waals surface area contributed by atoms with Crippen LogP contribution in [0.1, 0.15) is 54.9 Å². The zero-order chi connectivity index (χ0) is 26.4. The van der Waals surface area contributed by atoms with E-state index in [4.69, 9.17) is 4.74 Å². The minimum atomic E-state index is -1.15. The number of anilines is 1. The van der Waals surface area contributed by atoms with Gasteiger partial charge in [0.2, 0.25) is 11.7 Å². The van der Waals surface area contributed by atoms with Crippen molar-refractivity contribution in [1.29, 1.82) is 0 Å². The van der Waals surface area contributed by atoms with Crippen LogP contribution in [-0.2, 0) is 20.9 Å². The summed E-state index contributed by atoms with van der Waals surface area (Å²) < 4.78 is 32.9. The number of Topliss-reactive ketones (excluding diaryl/α,β-unsaturated/α-hetero) is 1. The number of ether oxygens (including phenoxy) is 1. The molecule has 3 aromatic rings. The van der Waals surface area contributed by atoms with E-state index in [0.29, 0.717) is 17.8 Å². The summed E-state index contributed by atoms with van der Waals surface area (Å²) in [5, 5.41) is 5.20. The van der Waals surface area contributed by atoms with E-state index < -0.39 is 40.8 Å². The Balaban J connectivity index is 1.35. The number of amides is 2. The Bertz CT molecular complexity index is 1270. The van der Waals surface area contributed by atoms with E-state index in [1.165, 1.54) is 37.5 Å². The molecule has 0 radical (unpaired) electrons. The number of hydrogen-bond donors (Lipinski definition) is 2. The predicted molar refractivity (Wildman–Crippen MR) is 136 cm³/mol. The second-order valence-electron chi connectivity index (χ2n) is 8.93. The van der Waals surface area contributed by atoms with Crippen molar-refractivity contribution in [2.24, 2.45) is 0 Å². The zero-order valence-electron chi connectivity index (χ0n) is 20.3. The Morgan fingerprint density at radius 3 is 2.51 bits per heavy atom. The molecule has 1 saturated carbocycles. The van der Waals surface area contributed by atoms with E-state index in [1.807, 2.05) is 24.3 Å². The molecule has 1 aromatic heterocycles. The maximum atomic E-state index is 13.4. The van der Waals surface area contributed by atoms with Crippen LogP contribution >= 0.6 is 11.3 Å². The number of benzene rings is 2. The lowest BCUT2D eigenvalue weighted by Crippen LogP contribution is -2.44. The largest absolute Gasteiger partial charge is 0.374 e. The molecule has 0 unspecified atom stereocenters. The van der Waals surface area contributed by atoms with Gasteiger partial charge in [-0.25, -0.2) is 13.8 Å². The molecule has 0 bridgehead atoms. The maximum Gasteiger partial charge on any atom is 0.293 e. The van der Waals surface area contributed by atoms with Crippen LogP contribution in [0.4, 0.5) is 13.9 Å². The van der Waals surface area contributed by atoms with E-state index in [-0.39, 0.29) is 6.10 Å². The third-order valence-corrected chi connectivity index (χ3v) is 7.06. The lowest BCUT2D eigenvalue weighted by atomic mass is 9.97. The van der Waals surface area contributed by atoms with Gasteiger partial charge in [0.1, 0.15) is 17.7 Å². The van der Waals surface area contributed by atoms with Crippen molar-refractivity contribution >= 4 is 34.1 Å². The number of nitrogens with one attached hydrogen (secondary N) is 2. The zero-order valence-corrected chi connectivity index (χ0v) is 21.1. The summed E-state index contributed by atoms with van der Waals surface area (Å²) in [6, 6.07) is 8.87. The van der Waals surface area contributed by atoms with Gasteiger partial charge in [0, 0.05) is 17.8 Å². The van der Waals surface area contributed by atoms with Crippen molar-refractivity contribution in [3.05, 3.63) is 71.4 Å². The van der Waals surface area contributed by atoms with E-state index in [1.54, 1.807) is 6.20 Å². The Morgan fingerprint density at radius 2 is 1.78 bits per heavy atom. The maximum absolute atomic E-state index is 13.4. The van der Waals surface area contributed by atoms with Crippen LogP contribution in [0, 0.1) is 11.6 Å². The molecule has 1 aliphatic carbocycles. The highest BCUT2D eigenvalue weighted by Crippen LogP contribution is 2.32. The summed E-state index contributed by atoms with van der Waals surface area (Å²) in [6.07, 6.45) is 7.75. The minimum Gasteiger partial charge on any atom is -0.374 e. The summed E-state index contributed by atoms with van der Waals surface area (Å²) in [6.45, 7) is 1.88. The second-order valence-corrected chi connectivity index (χ2v) is 9.96. The highest BCUT2D eigenvalue weighted by Gasteiger charge is 2.23. The third kappa shape index (κ3) is 7.05. The molecule has 0 aliphatic heterocycles. The van der Waals surface area contributed by atoms with Gasteiger partial charge in [-0.1, -0.05) is 54.9 Å². The van der Waals surface area contributed by atoms with Crippen molar-refractivity contribution < 1.29 is 27.9 Å². The van der Waals surface area contributed by atoms with Crippen LogP contribution < -0.4 is 10.6 Å². The van der Waals surface area contributed by atoms with Crippen LogP contribution in [-0.4, -0.2) is 34.7 Å². The summed E-state index contributed by atoms with van der Waals surface area (Å²) >= 11 is 1.27. The second kappa shape index (κ2) is 12.2. The van der Waals surface area contributed by atoms with Crippen LogP contribution in [0.25, 0.3) is 10.4 Å². The topological polar surface area (TPSA) is 97.4 Å². The van der Waals surface area contributed by atoms with Gasteiger partial charge < -0.3 is 15.4 Å². The first-order chi connectivity index (χ1) is 17.8. The fraction of sp³-hybridized carbons (Fsp3) is 0.333. The van der Waals surface area contributed by atoms with Crippen LogP contribution in [0.5, 0.6) is 0 Å². The molecule has 10 heteroatoms. The predicted octanol–water partition coefficient (Wildman–Crippen LogP) is 5.26. The number of aromatic nitrogens is 1. The number of rotatable bonds is 9. The fourth-order valence-corrected chi connectivity index (χ4v) is 5.02. The molecule has 2 amide bonds. The van der Waals surface area contributed by atoms with Gasteiger partial charge in [-0.3, -0.25) is 14.4 Å². The van der Waals surface area contributed by atoms with Gasteiger partial charge in [0.15, 0.2) is 5.13 Å². The average Bonchev–Trinajstić information content (AvgIpc) is 3.35. The summed E-state index contributed by atoms with van der Waals surface area (Å²) in [7, 11) is 0. The summed E-state index contributed by atoms with van der Waals surface area (Å²) in [5.74, 6) is -4.87. The highest BCUT2D eigenvalue weighted by molar-refractivity contribution is 7.19. The van der Waals surface area contributed by atoms with Crippen molar-refractivity contribution in [3.63, 3.8) is 0 Å². The van der Waals surface area contributed by atoms with Gasteiger partial charge >= 0.3 is 0 Å².